The molecule has 0 heterocycles. The average Bonchev–Trinajstić information content (AvgIpc) is 2.16. The molecule has 13 heavy (non-hydrogen) atoms. The van der Waals surface area contributed by atoms with E-state index in [1.165, 1.54) is 7.11 Å². The zero-order valence-electron chi connectivity index (χ0n) is 7.86. The number of hydrogen-bond donors (Lipinski definition) is 0. The summed E-state index contributed by atoms with van der Waals surface area (Å²) in [6.07, 6.45) is 0. The smallest absolute Gasteiger partial charge is 0.722 e. The van der Waals surface area contributed by atoms with Crippen LogP contribution in [-0.4, -0.2) is 12.3 Å². The van der Waals surface area contributed by atoms with E-state index in [0.29, 0.717) is 11.8 Å². The van der Waals surface area contributed by atoms with Gasteiger partial charge in [-0.3, -0.25) is 4.99 Å². The SMILES string of the molecule is COC([S-])=NCc1ccccc1.[Na+]. The van der Waals surface area contributed by atoms with Gasteiger partial charge in [-0.1, -0.05) is 30.3 Å². The van der Waals surface area contributed by atoms with E-state index in [4.69, 9.17) is 17.4 Å². The fraction of sp³-hybridized carbons (Fsp3) is 0.222. The molecule has 0 bridgehead atoms. The number of ether oxygens (including phenoxy) is 1. The maximum Gasteiger partial charge on any atom is 1.00 e. The summed E-state index contributed by atoms with van der Waals surface area (Å²) in [7, 11) is 1.52. The third kappa shape index (κ3) is 5.26. The summed E-state index contributed by atoms with van der Waals surface area (Å²) in [6.45, 7) is 0.591. The van der Waals surface area contributed by atoms with Crippen LogP contribution in [0.15, 0.2) is 35.3 Å². The van der Waals surface area contributed by atoms with Crippen molar-refractivity contribution in [2.45, 2.75) is 6.54 Å². The molecule has 0 aliphatic rings. The Balaban J connectivity index is 0.00000144. The minimum absolute atomic E-state index is 0. The molecule has 0 radical (unpaired) electrons. The Kier molecular flexibility index (Phi) is 7.28. The predicted molar refractivity (Wildman–Crippen MR) is 52.0 cm³/mol. The summed E-state index contributed by atoms with van der Waals surface area (Å²) >= 11 is 4.77. The third-order valence-corrected chi connectivity index (χ3v) is 1.70. The first-order chi connectivity index (χ1) is 5.83. The van der Waals surface area contributed by atoms with Crippen LogP contribution in [-0.2, 0) is 23.9 Å². The first-order valence-electron chi connectivity index (χ1n) is 3.62. The van der Waals surface area contributed by atoms with Crippen LogP contribution < -0.4 is 29.6 Å². The minimum atomic E-state index is 0. The zero-order chi connectivity index (χ0) is 8.81. The number of hydrogen-bond acceptors (Lipinski definition) is 3. The second kappa shape index (κ2) is 7.33. The Morgan fingerprint density at radius 2 is 2.00 bits per heavy atom. The van der Waals surface area contributed by atoms with Crippen LogP contribution in [0.1, 0.15) is 5.56 Å². The molecular formula is C9H10NNaOS. The van der Waals surface area contributed by atoms with E-state index in [0.717, 1.165) is 5.56 Å². The molecule has 0 saturated carbocycles. The van der Waals surface area contributed by atoms with Gasteiger partial charge in [-0.2, -0.15) is 0 Å². The Hall–Kier alpha value is -0.0900. The van der Waals surface area contributed by atoms with Crippen molar-refractivity contribution in [3.63, 3.8) is 0 Å². The normalized spacial score (nSPS) is 10.4. The second-order valence-electron chi connectivity index (χ2n) is 2.27. The molecule has 1 rings (SSSR count). The van der Waals surface area contributed by atoms with Crippen LogP contribution in [0, 0.1) is 0 Å². The van der Waals surface area contributed by atoms with E-state index in [-0.39, 0.29) is 29.6 Å². The van der Waals surface area contributed by atoms with Crippen LogP contribution in [0.2, 0.25) is 0 Å². The number of rotatable bonds is 2. The van der Waals surface area contributed by atoms with E-state index in [9.17, 15) is 0 Å². The van der Waals surface area contributed by atoms with Gasteiger partial charge in [0.2, 0.25) is 0 Å². The van der Waals surface area contributed by atoms with Gasteiger partial charge in [0.15, 0.2) is 0 Å². The molecular weight excluding hydrogens is 193 g/mol. The summed E-state index contributed by atoms with van der Waals surface area (Å²) in [6, 6.07) is 9.92. The average molecular weight is 203 g/mol. The van der Waals surface area contributed by atoms with Gasteiger partial charge in [0.1, 0.15) is 0 Å². The molecule has 0 saturated heterocycles. The van der Waals surface area contributed by atoms with E-state index in [1.54, 1.807) is 0 Å². The van der Waals surface area contributed by atoms with Crippen molar-refractivity contribution in [1.29, 1.82) is 0 Å². The Labute approximate surface area is 106 Å². The summed E-state index contributed by atoms with van der Waals surface area (Å²) in [5.41, 5.74) is 1.14. The fourth-order valence-corrected chi connectivity index (χ4v) is 0.868. The molecule has 0 amide bonds. The van der Waals surface area contributed by atoms with Crippen molar-refractivity contribution in [2.75, 3.05) is 7.11 Å². The summed E-state index contributed by atoms with van der Waals surface area (Å²) in [5.74, 6) is 0. The number of benzene rings is 1. The zero-order valence-corrected chi connectivity index (χ0v) is 10.7. The van der Waals surface area contributed by atoms with Crippen molar-refractivity contribution in [2.24, 2.45) is 4.99 Å². The molecule has 0 N–H and O–H groups in total. The van der Waals surface area contributed by atoms with Gasteiger partial charge >= 0.3 is 29.6 Å². The first kappa shape index (κ1) is 12.9. The minimum Gasteiger partial charge on any atom is -0.722 e. The Bertz CT molecular complexity index is 264. The molecule has 1 aromatic rings. The van der Waals surface area contributed by atoms with Gasteiger partial charge in [-0.25, -0.2) is 0 Å². The van der Waals surface area contributed by atoms with Crippen LogP contribution >= 0.6 is 0 Å². The summed E-state index contributed by atoms with van der Waals surface area (Å²) in [5, 5.41) is 0.304. The van der Waals surface area contributed by atoms with Gasteiger partial charge < -0.3 is 17.4 Å². The molecule has 4 heteroatoms. The van der Waals surface area contributed by atoms with Gasteiger partial charge in [0.05, 0.1) is 18.9 Å². The number of methoxy groups -OCH3 is 1. The Morgan fingerprint density at radius 1 is 1.38 bits per heavy atom. The van der Waals surface area contributed by atoms with Crippen LogP contribution in [0.5, 0.6) is 0 Å². The van der Waals surface area contributed by atoms with Crippen LogP contribution in [0.3, 0.4) is 0 Å². The van der Waals surface area contributed by atoms with Crippen molar-refractivity contribution in [3.8, 4) is 0 Å². The molecule has 0 aliphatic carbocycles. The van der Waals surface area contributed by atoms with Gasteiger partial charge in [0, 0.05) is 0 Å². The molecule has 0 fully saturated rings. The maximum absolute atomic E-state index is 4.77. The largest absolute Gasteiger partial charge is 1.00 e. The molecule has 0 aliphatic heterocycles. The fourth-order valence-electron chi connectivity index (χ4n) is 0.804. The summed E-state index contributed by atoms with van der Waals surface area (Å²) < 4.78 is 4.74. The van der Waals surface area contributed by atoms with Crippen LogP contribution in [0.4, 0.5) is 0 Å². The molecule has 64 valence electrons. The molecule has 2 nitrogen and oxygen atoms in total. The summed E-state index contributed by atoms with van der Waals surface area (Å²) in [4.78, 5) is 4.02. The van der Waals surface area contributed by atoms with Gasteiger partial charge in [0.25, 0.3) is 0 Å². The standard InChI is InChI=1S/C9H11NOS.Na/c1-11-9(12)10-7-8-5-3-2-4-6-8;/h2-6H,7H2,1H3,(H,10,12);/q;+1/p-1. The topological polar surface area (TPSA) is 21.6 Å². The number of nitrogens with zero attached hydrogens (tertiary/aromatic N) is 1. The molecule has 0 aromatic heterocycles. The quantitative estimate of drug-likeness (QED) is 0.259. The van der Waals surface area contributed by atoms with E-state index in [1.807, 2.05) is 30.3 Å². The first-order valence-corrected chi connectivity index (χ1v) is 4.03. The second-order valence-corrected chi connectivity index (χ2v) is 2.62. The number of aliphatic imine (C=N–C) groups is 1. The van der Waals surface area contributed by atoms with Crippen molar-refractivity contribution in [1.82, 2.24) is 0 Å². The predicted octanol–water partition coefficient (Wildman–Crippen LogP) is -1.26. The van der Waals surface area contributed by atoms with Crippen LogP contribution in [0.25, 0.3) is 0 Å². The van der Waals surface area contributed by atoms with Gasteiger partial charge in [-0.05, 0) is 5.56 Å². The van der Waals surface area contributed by atoms with E-state index >= 15 is 0 Å². The van der Waals surface area contributed by atoms with E-state index in [2.05, 4.69) is 4.99 Å². The molecule has 0 unspecified atom stereocenters. The van der Waals surface area contributed by atoms with Gasteiger partial charge in [-0.15, -0.1) is 0 Å². The van der Waals surface area contributed by atoms with E-state index < -0.39 is 0 Å². The Morgan fingerprint density at radius 3 is 2.54 bits per heavy atom. The monoisotopic (exact) mass is 203 g/mol. The van der Waals surface area contributed by atoms with Crippen molar-refractivity contribution in [3.05, 3.63) is 35.9 Å². The van der Waals surface area contributed by atoms with Crippen molar-refractivity contribution < 1.29 is 34.3 Å². The maximum atomic E-state index is 4.77. The van der Waals surface area contributed by atoms with Crippen molar-refractivity contribution >= 4 is 17.9 Å². The molecule has 0 atom stereocenters. The third-order valence-electron chi connectivity index (χ3n) is 1.41. The molecule has 0 spiro atoms. The molecule has 1 aromatic carbocycles.